The Hall–Kier alpha value is -1.16. The summed E-state index contributed by atoms with van der Waals surface area (Å²) in [5.74, 6) is -0.0822. The SMILES string of the molecule is CCS(=O)(=O)N1CCC(C(=O)Nc2ccc3nc(SC)sc3c2)CC1. The fraction of sp³-hybridized carbons (Fsp3) is 0.500. The summed E-state index contributed by atoms with van der Waals surface area (Å²) in [6.45, 7) is 2.48. The molecule has 1 aromatic heterocycles. The van der Waals surface area contributed by atoms with Gasteiger partial charge in [0.2, 0.25) is 15.9 Å². The zero-order chi connectivity index (χ0) is 18.0. The molecule has 6 nitrogen and oxygen atoms in total. The first-order valence-corrected chi connectivity index (χ1v) is 11.8. The van der Waals surface area contributed by atoms with Gasteiger partial charge in [0.1, 0.15) is 0 Å². The predicted molar refractivity (Wildman–Crippen MR) is 104 cm³/mol. The molecule has 1 N–H and O–H groups in total. The van der Waals surface area contributed by atoms with Crippen LogP contribution in [0, 0.1) is 5.92 Å². The smallest absolute Gasteiger partial charge is 0.227 e. The van der Waals surface area contributed by atoms with Crippen molar-refractivity contribution in [2.75, 3.05) is 30.4 Å². The summed E-state index contributed by atoms with van der Waals surface area (Å²) in [7, 11) is -3.16. The van der Waals surface area contributed by atoms with E-state index in [4.69, 9.17) is 0 Å². The molecule has 3 rings (SSSR count). The molecule has 0 radical (unpaired) electrons. The van der Waals surface area contributed by atoms with E-state index in [1.165, 1.54) is 4.31 Å². The van der Waals surface area contributed by atoms with Crippen LogP contribution in [-0.2, 0) is 14.8 Å². The average Bonchev–Trinajstić information content (AvgIpc) is 3.04. The number of nitrogens with zero attached hydrogens (tertiary/aromatic N) is 2. The van der Waals surface area contributed by atoms with Gasteiger partial charge in [0.15, 0.2) is 4.34 Å². The first-order valence-electron chi connectivity index (χ1n) is 8.16. The van der Waals surface area contributed by atoms with Gasteiger partial charge in [-0.15, -0.1) is 11.3 Å². The molecule has 136 valence electrons. The fourth-order valence-electron chi connectivity index (χ4n) is 2.89. The van der Waals surface area contributed by atoms with Crippen molar-refractivity contribution in [2.24, 2.45) is 5.92 Å². The third kappa shape index (κ3) is 4.16. The highest BCUT2D eigenvalue weighted by Gasteiger charge is 2.30. The summed E-state index contributed by atoms with van der Waals surface area (Å²) >= 11 is 3.21. The molecule has 0 atom stereocenters. The lowest BCUT2D eigenvalue weighted by Crippen LogP contribution is -2.42. The van der Waals surface area contributed by atoms with Crippen LogP contribution in [0.25, 0.3) is 10.2 Å². The number of thioether (sulfide) groups is 1. The topological polar surface area (TPSA) is 79.4 Å². The van der Waals surface area contributed by atoms with Gasteiger partial charge in [0.25, 0.3) is 0 Å². The first kappa shape index (κ1) is 18.6. The minimum atomic E-state index is -3.16. The van der Waals surface area contributed by atoms with Crippen molar-refractivity contribution in [3.63, 3.8) is 0 Å². The van der Waals surface area contributed by atoms with E-state index in [1.807, 2.05) is 24.5 Å². The van der Waals surface area contributed by atoms with Crippen LogP contribution in [0.1, 0.15) is 19.8 Å². The van der Waals surface area contributed by atoms with Crippen molar-refractivity contribution < 1.29 is 13.2 Å². The van der Waals surface area contributed by atoms with Gasteiger partial charge < -0.3 is 5.32 Å². The lowest BCUT2D eigenvalue weighted by molar-refractivity contribution is -0.120. The fourth-order valence-corrected chi connectivity index (χ4v) is 5.55. The minimum Gasteiger partial charge on any atom is -0.326 e. The van der Waals surface area contributed by atoms with Crippen molar-refractivity contribution in [3.8, 4) is 0 Å². The Morgan fingerprint density at radius 3 is 2.76 bits per heavy atom. The standard InChI is InChI=1S/C16H21N3O3S3/c1-3-25(21,22)19-8-6-11(7-9-19)15(20)17-12-4-5-13-14(10-12)24-16(18-13)23-2/h4-5,10-11H,3,6-9H2,1-2H3,(H,17,20). The van der Waals surface area contributed by atoms with E-state index in [0.29, 0.717) is 25.9 Å². The summed E-state index contributed by atoms with van der Waals surface area (Å²) < 4.78 is 27.3. The highest BCUT2D eigenvalue weighted by Crippen LogP contribution is 2.30. The monoisotopic (exact) mass is 399 g/mol. The lowest BCUT2D eigenvalue weighted by atomic mass is 9.97. The van der Waals surface area contributed by atoms with Gasteiger partial charge in [-0.3, -0.25) is 4.79 Å². The Labute approximate surface area is 156 Å². The van der Waals surface area contributed by atoms with Crippen LogP contribution in [0.5, 0.6) is 0 Å². The number of amides is 1. The zero-order valence-electron chi connectivity index (χ0n) is 14.2. The van der Waals surface area contributed by atoms with Crippen LogP contribution < -0.4 is 5.32 Å². The van der Waals surface area contributed by atoms with E-state index in [9.17, 15) is 13.2 Å². The number of benzene rings is 1. The number of aromatic nitrogens is 1. The van der Waals surface area contributed by atoms with Gasteiger partial charge >= 0.3 is 0 Å². The third-order valence-corrected chi connectivity index (χ3v) is 8.28. The molecule has 1 fully saturated rings. The highest BCUT2D eigenvalue weighted by atomic mass is 32.2. The van der Waals surface area contributed by atoms with Crippen LogP contribution in [0.3, 0.4) is 0 Å². The zero-order valence-corrected chi connectivity index (χ0v) is 16.6. The Kier molecular flexibility index (Phi) is 5.67. The van der Waals surface area contributed by atoms with Crippen molar-refractivity contribution >= 4 is 54.9 Å². The number of hydrogen-bond donors (Lipinski definition) is 1. The maximum absolute atomic E-state index is 12.5. The molecule has 1 amide bonds. The summed E-state index contributed by atoms with van der Waals surface area (Å²) in [5.41, 5.74) is 1.70. The third-order valence-electron chi connectivity index (χ3n) is 4.39. The van der Waals surface area contributed by atoms with E-state index in [1.54, 1.807) is 30.0 Å². The maximum Gasteiger partial charge on any atom is 0.227 e. The highest BCUT2D eigenvalue weighted by molar-refractivity contribution is 8.00. The van der Waals surface area contributed by atoms with E-state index in [2.05, 4.69) is 10.3 Å². The Morgan fingerprint density at radius 1 is 1.40 bits per heavy atom. The second-order valence-corrected chi connectivity index (χ2v) is 10.3. The Balaban J connectivity index is 1.63. The molecule has 0 aliphatic carbocycles. The molecule has 0 bridgehead atoms. The summed E-state index contributed by atoms with van der Waals surface area (Å²) in [4.78, 5) is 17.0. The largest absolute Gasteiger partial charge is 0.326 e. The molecule has 9 heteroatoms. The van der Waals surface area contributed by atoms with Gasteiger partial charge in [-0.1, -0.05) is 11.8 Å². The number of fused-ring (bicyclic) bond motifs is 1. The maximum atomic E-state index is 12.5. The molecular weight excluding hydrogens is 378 g/mol. The van der Waals surface area contributed by atoms with Gasteiger partial charge in [-0.25, -0.2) is 17.7 Å². The summed E-state index contributed by atoms with van der Waals surface area (Å²) in [5, 5.41) is 2.96. The predicted octanol–water partition coefficient (Wildman–Crippen LogP) is 3.02. The molecule has 1 aliphatic rings. The van der Waals surface area contributed by atoms with E-state index < -0.39 is 10.0 Å². The summed E-state index contributed by atoms with van der Waals surface area (Å²) in [6.07, 6.45) is 3.11. The number of sulfonamides is 1. The average molecular weight is 400 g/mol. The quantitative estimate of drug-likeness (QED) is 0.782. The van der Waals surface area contributed by atoms with Crippen molar-refractivity contribution in [2.45, 2.75) is 24.1 Å². The van der Waals surface area contributed by atoms with Crippen LogP contribution in [0.15, 0.2) is 22.5 Å². The minimum absolute atomic E-state index is 0.0394. The molecule has 0 spiro atoms. The van der Waals surface area contributed by atoms with Crippen LogP contribution in [0.2, 0.25) is 0 Å². The molecule has 2 aromatic rings. The van der Waals surface area contributed by atoms with E-state index in [-0.39, 0.29) is 17.6 Å². The Bertz CT molecular complexity index is 871. The van der Waals surface area contributed by atoms with Gasteiger partial charge in [-0.2, -0.15) is 0 Å². The summed E-state index contributed by atoms with van der Waals surface area (Å²) in [6, 6.07) is 5.72. The number of anilines is 1. The second kappa shape index (κ2) is 7.61. The Morgan fingerprint density at radius 2 is 2.12 bits per heavy atom. The number of rotatable bonds is 5. The number of carbonyl (C=O) groups excluding carboxylic acids is 1. The van der Waals surface area contributed by atoms with Crippen molar-refractivity contribution in [1.82, 2.24) is 9.29 Å². The number of piperidine rings is 1. The van der Waals surface area contributed by atoms with Gasteiger partial charge in [0, 0.05) is 24.7 Å². The van der Waals surface area contributed by atoms with Gasteiger partial charge in [0.05, 0.1) is 16.0 Å². The van der Waals surface area contributed by atoms with Gasteiger partial charge in [-0.05, 0) is 44.2 Å². The molecule has 1 aromatic carbocycles. The number of nitrogens with one attached hydrogen (secondary N) is 1. The first-order chi connectivity index (χ1) is 11.9. The normalized spacial score (nSPS) is 17.0. The molecule has 0 unspecified atom stereocenters. The van der Waals surface area contributed by atoms with Crippen LogP contribution in [-0.4, -0.2) is 48.7 Å². The number of thiazole rings is 1. The molecule has 1 aliphatic heterocycles. The van der Waals surface area contributed by atoms with Crippen LogP contribution >= 0.6 is 23.1 Å². The number of hydrogen-bond acceptors (Lipinski definition) is 6. The molecule has 0 saturated carbocycles. The van der Waals surface area contributed by atoms with Crippen molar-refractivity contribution in [1.29, 1.82) is 0 Å². The molecule has 1 saturated heterocycles. The second-order valence-electron chi connectivity index (χ2n) is 5.93. The van der Waals surface area contributed by atoms with Crippen molar-refractivity contribution in [3.05, 3.63) is 18.2 Å². The number of carbonyl (C=O) groups is 1. The molecular formula is C16H21N3O3S3. The van der Waals surface area contributed by atoms with Crippen LogP contribution in [0.4, 0.5) is 5.69 Å². The molecule has 2 heterocycles. The van der Waals surface area contributed by atoms with E-state index >= 15 is 0 Å². The molecule has 25 heavy (non-hydrogen) atoms. The lowest BCUT2D eigenvalue weighted by Gasteiger charge is -2.30. The van der Waals surface area contributed by atoms with E-state index in [0.717, 1.165) is 20.2 Å².